The molecule has 0 aliphatic carbocycles. The summed E-state index contributed by atoms with van der Waals surface area (Å²) in [6, 6.07) is 6.01. The average molecular weight is 377 g/mol. The monoisotopic (exact) mass is 377 g/mol. The zero-order valence-electron chi connectivity index (χ0n) is 17.4. The number of rotatable bonds is 5. The first-order chi connectivity index (χ1) is 13.3. The highest BCUT2D eigenvalue weighted by molar-refractivity contribution is 6.08. The molecule has 0 unspecified atom stereocenters. The van der Waals surface area contributed by atoms with Gasteiger partial charge in [-0.3, -0.25) is 4.79 Å². The van der Waals surface area contributed by atoms with Gasteiger partial charge in [-0.05, 0) is 45.4 Å². The number of carbonyl (C=O) groups excluding carboxylic acids is 1. The van der Waals surface area contributed by atoms with Crippen LogP contribution in [0.2, 0.25) is 0 Å². The van der Waals surface area contributed by atoms with Crippen molar-refractivity contribution in [1.29, 1.82) is 0 Å². The fraction of sp³-hybridized carbons (Fsp3) is 0.364. The molecule has 1 amide bonds. The van der Waals surface area contributed by atoms with E-state index in [9.17, 15) is 4.79 Å². The minimum atomic E-state index is 0.0227. The molecule has 0 saturated carbocycles. The van der Waals surface area contributed by atoms with Gasteiger partial charge in [0.25, 0.3) is 5.91 Å². The summed E-state index contributed by atoms with van der Waals surface area (Å²) in [5, 5.41) is 0.893. The van der Waals surface area contributed by atoms with Gasteiger partial charge in [-0.25, -0.2) is 15.0 Å². The Balaban J connectivity index is 2.23. The van der Waals surface area contributed by atoms with Crippen molar-refractivity contribution in [3.8, 4) is 11.3 Å². The fourth-order valence-electron chi connectivity index (χ4n) is 3.37. The summed E-state index contributed by atoms with van der Waals surface area (Å²) in [6.07, 6.45) is 3.51. The number of hydrogen-bond acceptors (Lipinski definition) is 5. The standard InChI is InChI=1S/C22H27N5O/c1-7-27(8-2)21(28)18-11-19(16-12-23-22(24-13-16)26(5)6)25-20-15(4)9-14(3)10-17(18)20/h9-13H,7-8H2,1-6H3. The molecule has 0 bridgehead atoms. The molecule has 0 fully saturated rings. The lowest BCUT2D eigenvalue weighted by Crippen LogP contribution is -2.30. The molecule has 3 rings (SSSR count). The molecular weight excluding hydrogens is 350 g/mol. The number of aromatic nitrogens is 3. The first kappa shape index (κ1) is 19.7. The molecule has 146 valence electrons. The number of benzene rings is 1. The van der Waals surface area contributed by atoms with Gasteiger partial charge in [0, 0.05) is 50.5 Å². The first-order valence-electron chi connectivity index (χ1n) is 9.56. The second-order valence-electron chi connectivity index (χ2n) is 7.18. The molecule has 28 heavy (non-hydrogen) atoms. The highest BCUT2D eigenvalue weighted by Crippen LogP contribution is 2.28. The molecule has 0 atom stereocenters. The quantitative estimate of drug-likeness (QED) is 0.676. The van der Waals surface area contributed by atoms with Crippen molar-refractivity contribution in [2.45, 2.75) is 27.7 Å². The molecular formula is C22H27N5O. The number of nitrogens with zero attached hydrogens (tertiary/aromatic N) is 5. The van der Waals surface area contributed by atoms with Crippen LogP contribution in [0.3, 0.4) is 0 Å². The van der Waals surface area contributed by atoms with E-state index >= 15 is 0 Å². The molecule has 6 nitrogen and oxygen atoms in total. The van der Waals surface area contributed by atoms with Crippen LogP contribution in [0, 0.1) is 13.8 Å². The minimum absolute atomic E-state index is 0.0227. The van der Waals surface area contributed by atoms with Crippen molar-refractivity contribution in [2.75, 3.05) is 32.1 Å². The zero-order valence-corrected chi connectivity index (χ0v) is 17.4. The smallest absolute Gasteiger partial charge is 0.254 e. The van der Waals surface area contributed by atoms with E-state index in [0.717, 1.165) is 27.6 Å². The zero-order chi connectivity index (χ0) is 20.4. The van der Waals surface area contributed by atoms with E-state index in [1.54, 1.807) is 12.4 Å². The van der Waals surface area contributed by atoms with Crippen molar-refractivity contribution in [2.24, 2.45) is 0 Å². The van der Waals surface area contributed by atoms with Gasteiger partial charge in [-0.1, -0.05) is 11.6 Å². The van der Waals surface area contributed by atoms with Crippen molar-refractivity contribution in [3.05, 3.63) is 47.3 Å². The SMILES string of the molecule is CCN(CC)C(=O)c1cc(-c2cnc(N(C)C)nc2)nc2c(C)cc(C)cc12. The summed E-state index contributed by atoms with van der Waals surface area (Å²) >= 11 is 0. The molecule has 2 aromatic heterocycles. The van der Waals surface area contributed by atoms with E-state index in [2.05, 4.69) is 16.0 Å². The van der Waals surface area contributed by atoms with Crippen LogP contribution in [0.25, 0.3) is 22.2 Å². The maximum Gasteiger partial charge on any atom is 0.254 e. The largest absolute Gasteiger partial charge is 0.347 e. The topological polar surface area (TPSA) is 62.2 Å². The number of amides is 1. The molecule has 0 aliphatic heterocycles. The Morgan fingerprint density at radius 3 is 2.21 bits per heavy atom. The van der Waals surface area contributed by atoms with Crippen LogP contribution in [0.4, 0.5) is 5.95 Å². The first-order valence-corrected chi connectivity index (χ1v) is 9.56. The molecule has 0 N–H and O–H groups in total. The lowest BCUT2D eigenvalue weighted by Gasteiger charge is -2.20. The normalized spacial score (nSPS) is 10.9. The molecule has 0 aliphatic rings. The van der Waals surface area contributed by atoms with Gasteiger partial charge in [-0.2, -0.15) is 0 Å². The van der Waals surface area contributed by atoms with E-state index in [-0.39, 0.29) is 5.91 Å². The number of fused-ring (bicyclic) bond motifs is 1. The van der Waals surface area contributed by atoms with Crippen LogP contribution < -0.4 is 4.90 Å². The Hall–Kier alpha value is -3.02. The number of carbonyl (C=O) groups is 1. The summed E-state index contributed by atoms with van der Waals surface area (Å²) in [4.78, 5) is 30.5. The fourth-order valence-corrected chi connectivity index (χ4v) is 3.37. The molecule has 6 heteroatoms. The predicted molar refractivity (Wildman–Crippen MR) is 114 cm³/mol. The highest BCUT2D eigenvalue weighted by atomic mass is 16.2. The maximum absolute atomic E-state index is 13.2. The predicted octanol–water partition coefficient (Wildman–Crippen LogP) is 3.86. The Kier molecular flexibility index (Phi) is 5.58. The lowest BCUT2D eigenvalue weighted by molar-refractivity contribution is 0.0775. The lowest BCUT2D eigenvalue weighted by atomic mass is 9.99. The van der Waals surface area contributed by atoms with Crippen LogP contribution in [-0.4, -0.2) is 52.9 Å². The van der Waals surface area contributed by atoms with E-state index in [1.807, 2.05) is 63.7 Å². The van der Waals surface area contributed by atoms with Crippen molar-refractivity contribution >= 4 is 22.8 Å². The summed E-state index contributed by atoms with van der Waals surface area (Å²) in [7, 11) is 3.80. The average Bonchev–Trinajstić information content (AvgIpc) is 2.68. The molecule has 3 aromatic rings. The molecule has 2 heterocycles. The Morgan fingerprint density at radius 2 is 1.64 bits per heavy atom. The Bertz CT molecular complexity index is 1010. The number of anilines is 1. The third kappa shape index (κ3) is 3.67. The van der Waals surface area contributed by atoms with Crippen molar-refractivity contribution in [3.63, 3.8) is 0 Å². The molecule has 0 radical (unpaired) electrons. The van der Waals surface area contributed by atoms with Gasteiger partial charge in [0.05, 0.1) is 16.8 Å². The summed E-state index contributed by atoms with van der Waals surface area (Å²) in [5.41, 5.74) is 5.19. The summed E-state index contributed by atoms with van der Waals surface area (Å²) < 4.78 is 0. The molecule has 1 aromatic carbocycles. The van der Waals surface area contributed by atoms with Crippen LogP contribution in [0.1, 0.15) is 35.3 Å². The van der Waals surface area contributed by atoms with E-state index in [1.165, 1.54) is 0 Å². The van der Waals surface area contributed by atoms with Crippen molar-refractivity contribution in [1.82, 2.24) is 19.9 Å². The third-order valence-electron chi connectivity index (χ3n) is 4.86. The second kappa shape index (κ2) is 7.92. The van der Waals surface area contributed by atoms with E-state index < -0.39 is 0 Å². The number of hydrogen-bond donors (Lipinski definition) is 0. The van der Waals surface area contributed by atoms with Gasteiger partial charge in [0.15, 0.2) is 0 Å². The van der Waals surface area contributed by atoms with Crippen molar-refractivity contribution < 1.29 is 4.79 Å². The number of pyridine rings is 1. The van der Waals surface area contributed by atoms with Crippen LogP contribution in [-0.2, 0) is 0 Å². The van der Waals surface area contributed by atoms with Gasteiger partial charge in [-0.15, -0.1) is 0 Å². The summed E-state index contributed by atoms with van der Waals surface area (Å²) in [6.45, 7) is 9.40. The van der Waals surface area contributed by atoms with Gasteiger partial charge in [0.2, 0.25) is 5.95 Å². The van der Waals surface area contributed by atoms with Crippen LogP contribution in [0.5, 0.6) is 0 Å². The Morgan fingerprint density at radius 1 is 1.00 bits per heavy atom. The van der Waals surface area contributed by atoms with Gasteiger partial charge >= 0.3 is 0 Å². The Labute approximate surface area is 166 Å². The number of aryl methyl sites for hydroxylation is 2. The third-order valence-corrected chi connectivity index (χ3v) is 4.86. The maximum atomic E-state index is 13.2. The second-order valence-corrected chi connectivity index (χ2v) is 7.18. The van der Waals surface area contributed by atoms with E-state index in [4.69, 9.17) is 4.98 Å². The molecule has 0 saturated heterocycles. The van der Waals surface area contributed by atoms with Gasteiger partial charge in [0.1, 0.15) is 0 Å². The van der Waals surface area contributed by atoms with Crippen LogP contribution >= 0.6 is 0 Å². The highest BCUT2D eigenvalue weighted by Gasteiger charge is 2.19. The minimum Gasteiger partial charge on any atom is -0.347 e. The summed E-state index contributed by atoms with van der Waals surface area (Å²) in [5.74, 6) is 0.658. The van der Waals surface area contributed by atoms with Gasteiger partial charge < -0.3 is 9.80 Å². The molecule has 0 spiro atoms. The van der Waals surface area contributed by atoms with Crippen LogP contribution in [0.15, 0.2) is 30.6 Å². The van der Waals surface area contributed by atoms with E-state index in [0.29, 0.717) is 30.3 Å².